The summed E-state index contributed by atoms with van der Waals surface area (Å²) in [5, 5.41) is 3.42. The Labute approximate surface area is 146 Å². The van der Waals surface area contributed by atoms with Gasteiger partial charge < -0.3 is 19.7 Å². The second-order valence-electron chi connectivity index (χ2n) is 5.35. The summed E-state index contributed by atoms with van der Waals surface area (Å²) in [7, 11) is 3.62. The zero-order chi connectivity index (χ0) is 14.6. The summed E-state index contributed by atoms with van der Waals surface area (Å²) in [6, 6.07) is 0. The van der Waals surface area contributed by atoms with E-state index in [0.717, 1.165) is 58.3 Å². The predicted octanol–water partition coefficient (Wildman–Crippen LogP) is 2.35. The van der Waals surface area contributed by atoms with Gasteiger partial charge in [-0.05, 0) is 19.3 Å². The van der Waals surface area contributed by atoms with Crippen LogP contribution in [0.1, 0.15) is 32.6 Å². The van der Waals surface area contributed by atoms with E-state index in [1.54, 1.807) is 7.11 Å². The van der Waals surface area contributed by atoms with Gasteiger partial charge in [0.1, 0.15) is 0 Å². The fourth-order valence-corrected chi connectivity index (χ4v) is 2.45. The van der Waals surface area contributed by atoms with Crippen molar-refractivity contribution in [3.63, 3.8) is 0 Å². The lowest BCUT2D eigenvalue weighted by molar-refractivity contribution is 0.129. The lowest BCUT2D eigenvalue weighted by Crippen LogP contribution is -2.40. The second kappa shape index (κ2) is 13.6. The van der Waals surface area contributed by atoms with E-state index in [9.17, 15) is 0 Å². The minimum atomic E-state index is 0. The van der Waals surface area contributed by atoms with E-state index >= 15 is 0 Å². The molecule has 0 aromatic rings. The molecule has 1 heterocycles. The first-order chi connectivity index (χ1) is 9.81. The molecule has 0 aromatic heterocycles. The largest absolute Gasteiger partial charge is 0.384 e. The highest BCUT2D eigenvalue weighted by molar-refractivity contribution is 14.0. The number of unbranched alkanes of at least 4 members (excludes halogenated alkanes) is 1. The molecule has 0 amide bonds. The van der Waals surface area contributed by atoms with Gasteiger partial charge in [-0.15, -0.1) is 24.0 Å². The molecule has 6 heteroatoms. The van der Waals surface area contributed by atoms with Crippen molar-refractivity contribution in [3.05, 3.63) is 0 Å². The lowest BCUT2D eigenvalue weighted by atomic mass is 10.1. The molecule has 21 heavy (non-hydrogen) atoms. The van der Waals surface area contributed by atoms with Gasteiger partial charge >= 0.3 is 0 Å². The van der Waals surface area contributed by atoms with E-state index in [1.807, 2.05) is 7.05 Å². The first-order valence-electron chi connectivity index (χ1n) is 7.84. The highest BCUT2D eigenvalue weighted by Crippen LogP contribution is 2.16. The molecule has 0 aromatic carbocycles. The Balaban J connectivity index is 0.00000400. The summed E-state index contributed by atoms with van der Waals surface area (Å²) in [6.45, 7) is 7.78. The van der Waals surface area contributed by atoms with Gasteiger partial charge in [0.2, 0.25) is 0 Å². The van der Waals surface area contributed by atoms with Crippen LogP contribution in [0.25, 0.3) is 0 Å². The monoisotopic (exact) mass is 413 g/mol. The Morgan fingerprint density at radius 2 is 2.10 bits per heavy atom. The standard InChI is InChI=1S/C15H31N3O2.HI/c1-4-5-10-20-11-6-8-17-15(16-2)18-9-7-14(12-18)13-19-3;/h14H,4-13H2,1-3H3,(H,16,17);1H. The molecule has 0 bridgehead atoms. The smallest absolute Gasteiger partial charge is 0.193 e. The van der Waals surface area contributed by atoms with Crippen molar-refractivity contribution in [2.75, 3.05) is 53.6 Å². The molecule has 1 rings (SSSR count). The molecule has 5 nitrogen and oxygen atoms in total. The second-order valence-corrected chi connectivity index (χ2v) is 5.35. The van der Waals surface area contributed by atoms with Crippen LogP contribution in [0.15, 0.2) is 4.99 Å². The summed E-state index contributed by atoms with van der Waals surface area (Å²) in [4.78, 5) is 6.68. The van der Waals surface area contributed by atoms with E-state index in [4.69, 9.17) is 9.47 Å². The van der Waals surface area contributed by atoms with Crippen LogP contribution in [0.2, 0.25) is 0 Å². The van der Waals surface area contributed by atoms with Gasteiger partial charge in [-0.3, -0.25) is 4.99 Å². The number of hydrogen-bond donors (Lipinski definition) is 1. The highest BCUT2D eigenvalue weighted by atomic mass is 127. The van der Waals surface area contributed by atoms with Crippen LogP contribution in [0, 0.1) is 5.92 Å². The summed E-state index contributed by atoms with van der Waals surface area (Å²) < 4.78 is 10.8. The predicted molar refractivity (Wildman–Crippen MR) is 98.7 cm³/mol. The summed E-state index contributed by atoms with van der Waals surface area (Å²) in [6.07, 6.45) is 4.57. The molecular weight excluding hydrogens is 381 g/mol. The number of methoxy groups -OCH3 is 1. The van der Waals surface area contributed by atoms with Gasteiger partial charge in [-0.2, -0.15) is 0 Å². The molecule has 1 atom stereocenters. The first-order valence-corrected chi connectivity index (χ1v) is 7.84. The zero-order valence-electron chi connectivity index (χ0n) is 13.8. The lowest BCUT2D eigenvalue weighted by Gasteiger charge is -2.21. The van der Waals surface area contributed by atoms with Crippen LogP contribution in [-0.4, -0.2) is 64.5 Å². The Morgan fingerprint density at radius 1 is 1.33 bits per heavy atom. The number of likely N-dealkylation sites (tertiary alicyclic amines) is 1. The minimum absolute atomic E-state index is 0. The van der Waals surface area contributed by atoms with Crippen LogP contribution < -0.4 is 5.32 Å². The van der Waals surface area contributed by atoms with Crippen LogP contribution in [0.3, 0.4) is 0 Å². The van der Waals surface area contributed by atoms with E-state index < -0.39 is 0 Å². The Kier molecular flexibility index (Phi) is 13.5. The number of hydrogen-bond acceptors (Lipinski definition) is 3. The maximum Gasteiger partial charge on any atom is 0.193 e. The molecular formula is C15H32IN3O2. The first kappa shape index (κ1) is 20.9. The molecule has 1 N–H and O–H groups in total. The summed E-state index contributed by atoms with van der Waals surface area (Å²) in [5.74, 6) is 1.65. The maximum absolute atomic E-state index is 5.55. The molecule has 0 spiro atoms. The quantitative estimate of drug-likeness (QED) is 0.273. The van der Waals surface area contributed by atoms with Crippen LogP contribution >= 0.6 is 24.0 Å². The van der Waals surface area contributed by atoms with Gasteiger partial charge in [-0.25, -0.2) is 0 Å². The number of nitrogens with one attached hydrogen (secondary N) is 1. The topological polar surface area (TPSA) is 46.1 Å². The van der Waals surface area contributed by atoms with Crippen molar-refractivity contribution in [3.8, 4) is 0 Å². The Morgan fingerprint density at radius 3 is 2.76 bits per heavy atom. The van der Waals surface area contributed by atoms with E-state index in [1.165, 1.54) is 12.8 Å². The summed E-state index contributed by atoms with van der Waals surface area (Å²) >= 11 is 0. The number of ether oxygens (including phenoxy) is 2. The van der Waals surface area contributed by atoms with Gasteiger partial charge in [0, 0.05) is 52.9 Å². The normalized spacial score (nSPS) is 18.7. The molecule has 1 unspecified atom stereocenters. The van der Waals surface area contributed by atoms with Gasteiger partial charge in [-0.1, -0.05) is 13.3 Å². The number of rotatable bonds is 9. The van der Waals surface area contributed by atoms with Gasteiger partial charge in [0.15, 0.2) is 5.96 Å². The number of guanidine groups is 1. The molecule has 0 aliphatic carbocycles. The van der Waals surface area contributed by atoms with Crippen molar-refractivity contribution < 1.29 is 9.47 Å². The maximum atomic E-state index is 5.55. The van der Waals surface area contributed by atoms with Crippen molar-refractivity contribution in [1.29, 1.82) is 0 Å². The molecule has 1 aliphatic heterocycles. The zero-order valence-corrected chi connectivity index (χ0v) is 16.1. The minimum Gasteiger partial charge on any atom is -0.384 e. The average molecular weight is 413 g/mol. The van der Waals surface area contributed by atoms with Crippen molar-refractivity contribution in [2.24, 2.45) is 10.9 Å². The fourth-order valence-electron chi connectivity index (χ4n) is 2.45. The molecule has 0 radical (unpaired) electrons. The Bertz CT molecular complexity index is 278. The average Bonchev–Trinajstić information content (AvgIpc) is 2.91. The molecule has 126 valence electrons. The van der Waals surface area contributed by atoms with Crippen LogP contribution in [0.4, 0.5) is 0 Å². The van der Waals surface area contributed by atoms with Gasteiger partial charge in [0.25, 0.3) is 0 Å². The highest BCUT2D eigenvalue weighted by Gasteiger charge is 2.24. The third-order valence-corrected chi connectivity index (χ3v) is 3.59. The number of nitrogens with zero attached hydrogens (tertiary/aromatic N) is 2. The molecule has 1 fully saturated rings. The van der Waals surface area contributed by atoms with Crippen molar-refractivity contribution in [1.82, 2.24) is 10.2 Å². The van der Waals surface area contributed by atoms with Crippen molar-refractivity contribution >= 4 is 29.9 Å². The molecule has 1 saturated heterocycles. The number of halogens is 1. The molecule has 1 aliphatic rings. The summed E-state index contributed by atoms with van der Waals surface area (Å²) in [5.41, 5.74) is 0. The Hall–Kier alpha value is -0.0800. The van der Waals surface area contributed by atoms with E-state index in [2.05, 4.69) is 22.1 Å². The third kappa shape index (κ3) is 8.83. The van der Waals surface area contributed by atoms with Crippen molar-refractivity contribution in [2.45, 2.75) is 32.6 Å². The van der Waals surface area contributed by atoms with E-state index in [0.29, 0.717) is 5.92 Å². The van der Waals surface area contributed by atoms with E-state index in [-0.39, 0.29) is 24.0 Å². The van der Waals surface area contributed by atoms with Crippen LogP contribution in [0.5, 0.6) is 0 Å². The fraction of sp³-hybridized carbons (Fsp3) is 0.933. The van der Waals surface area contributed by atoms with Crippen LogP contribution in [-0.2, 0) is 9.47 Å². The third-order valence-electron chi connectivity index (χ3n) is 3.59. The molecule has 0 saturated carbocycles. The van der Waals surface area contributed by atoms with Gasteiger partial charge in [0.05, 0.1) is 6.61 Å². The number of aliphatic imine (C=N–C) groups is 1. The SMILES string of the molecule is CCCCOCCCNC(=NC)N1CCC(COC)C1.I.